The topological polar surface area (TPSA) is 65.0 Å². The monoisotopic (exact) mass is 513 g/mol. The van der Waals surface area contributed by atoms with Crippen LogP contribution in [0.15, 0.2) is 59.8 Å². The van der Waals surface area contributed by atoms with E-state index in [1.807, 2.05) is 26.0 Å². The molecule has 3 aromatic carbocycles. The molecule has 5 heteroatoms. The van der Waals surface area contributed by atoms with Gasteiger partial charge in [0, 0.05) is 12.8 Å². The van der Waals surface area contributed by atoms with Crippen molar-refractivity contribution in [3.05, 3.63) is 87.3 Å². The minimum Gasteiger partial charge on any atom is -0.493 e. The van der Waals surface area contributed by atoms with Gasteiger partial charge in [-0.3, -0.25) is 0 Å². The van der Waals surface area contributed by atoms with E-state index in [4.69, 9.17) is 9.47 Å². The second-order valence-corrected chi connectivity index (χ2v) is 11.3. The van der Waals surface area contributed by atoms with Gasteiger partial charge in [-0.15, -0.1) is 0 Å². The Balaban J connectivity index is 1.51. The van der Waals surface area contributed by atoms with Crippen LogP contribution in [0, 0.1) is 18.8 Å². The van der Waals surface area contributed by atoms with Crippen LogP contribution in [0.2, 0.25) is 0 Å². The van der Waals surface area contributed by atoms with E-state index in [-0.39, 0.29) is 17.8 Å². The highest BCUT2D eigenvalue weighted by Gasteiger charge is 2.27. The second-order valence-electron chi connectivity index (χ2n) is 11.3. The zero-order valence-corrected chi connectivity index (χ0v) is 23.5. The quantitative estimate of drug-likeness (QED) is 0.241. The molecule has 1 aliphatic carbocycles. The van der Waals surface area contributed by atoms with Crippen LogP contribution < -0.4 is 9.47 Å². The Hall–Kier alpha value is -3.47. The summed E-state index contributed by atoms with van der Waals surface area (Å²) in [7, 11) is 0. The highest BCUT2D eigenvalue weighted by atomic mass is 16.5. The van der Waals surface area contributed by atoms with Crippen molar-refractivity contribution >= 4 is 5.78 Å². The molecule has 0 fully saturated rings. The number of hydrogen-bond donors (Lipinski definition) is 0. The van der Waals surface area contributed by atoms with Gasteiger partial charge in [0.05, 0.1) is 6.61 Å². The number of benzene rings is 3. The predicted molar refractivity (Wildman–Crippen MR) is 153 cm³/mol. The Morgan fingerprint density at radius 2 is 1.74 bits per heavy atom. The second kappa shape index (κ2) is 11.5. The fourth-order valence-electron chi connectivity index (χ4n) is 5.46. The van der Waals surface area contributed by atoms with Crippen LogP contribution in [0.1, 0.15) is 86.8 Å². The smallest absolute Gasteiger partial charge is 0.130 e. The number of hydrogen-bond acceptors (Lipinski definition) is 5. The van der Waals surface area contributed by atoms with E-state index in [0.717, 1.165) is 29.9 Å². The van der Waals surface area contributed by atoms with Crippen LogP contribution in [0.3, 0.4) is 0 Å². The standard InChI is InChI=1S/C33H39NO4/c1-21(18-24(4)35)25-10-12-26(13-11-25)38-31-15-14-28-29(31)8-7-9-30(28)32-22(2)19-27(20-23(32)3)37-17-16-33(5,6)34-36/h7-13,19-21,31H,14-18H2,1-6H3/t21?,31-/m1/s1. The van der Waals surface area contributed by atoms with E-state index in [1.54, 1.807) is 6.92 Å². The molecule has 0 N–H and O–H groups in total. The number of carbonyl (C=O) groups is 1. The first kappa shape index (κ1) is 27.6. The van der Waals surface area contributed by atoms with Crippen molar-refractivity contribution in [3.63, 3.8) is 0 Å². The Labute approximate surface area is 226 Å². The van der Waals surface area contributed by atoms with E-state index < -0.39 is 5.54 Å². The molecule has 0 spiro atoms. The zero-order chi connectivity index (χ0) is 27.4. The largest absolute Gasteiger partial charge is 0.493 e. The minimum atomic E-state index is -0.622. The highest BCUT2D eigenvalue weighted by Crippen LogP contribution is 2.42. The van der Waals surface area contributed by atoms with Gasteiger partial charge in [-0.2, -0.15) is 4.91 Å². The molecule has 1 aliphatic rings. The molecule has 38 heavy (non-hydrogen) atoms. The summed E-state index contributed by atoms with van der Waals surface area (Å²) in [6, 6.07) is 18.9. The van der Waals surface area contributed by atoms with Crippen molar-refractivity contribution in [1.82, 2.24) is 0 Å². The molecule has 0 aromatic heterocycles. The van der Waals surface area contributed by atoms with E-state index in [1.165, 1.54) is 33.4 Å². The van der Waals surface area contributed by atoms with Crippen molar-refractivity contribution in [3.8, 4) is 22.6 Å². The van der Waals surface area contributed by atoms with Crippen LogP contribution in [0.5, 0.6) is 11.5 Å². The van der Waals surface area contributed by atoms with Crippen LogP contribution in [-0.4, -0.2) is 17.9 Å². The number of rotatable bonds is 11. The molecule has 3 aromatic rings. The summed E-state index contributed by atoms with van der Waals surface area (Å²) in [5, 5.41) is 3.17. The molecule has 0 amide bonds. The lowest BCUT2D eigenvalue weighted by molar-refractivity contribution is -0.117. The molecule has 2 atom stereocenters. The number of Topliss-reactive ketones (excluding diaryl/α,β-unsaturated/α-hetero) is 1. The molecular formula is C33H39NO4. The van der Waals surface area contributed by atoms with Crippen molar-refractivity contribution in [1.29, 1.82) is 0 Å². The summed E-state index contributed by atoms with van der Waals surface area (Å²) in [6.07, 6.45) is 3.05. The summed E-state index contributed by atoms with van der Waals surface area (Å²) in [5.41, 5.74) is 7.97. The predicted octanol–water partition coefficient (Wildman–Crippen LogP) is 8.43. The van der Waals surface area contributed by atoms with Gasteiger partial charge >= 0.3 is 0 Å². The van der Waals surface area contributed by atoms with Gasteiger partial charge in [0.2, 0.25) is 0 Å². The Kier molecular flexibility index (Phi) is 8.35. The molecule has 0 radical (unpaired) electrons. The van der Waals surface area contributed by atoms with Crippen molar-refractivity contribution in [2.45, 2.75) is 84.8 Å². The number of fused-ring (bicyclic) bond motifs is 1. The zero-order valence-electron chi connectivity index (χ0n) is 23.5. The van der Waals surface area contributed by atoms with Crippen molar-refractivity contribution in [2.75, 3.05) is 6.61 Å². The lowest BCUT2D eigenvalue weighted by atomic mass is 9.90. The summed E-state index contributed by atoms with van der Waals surface area (Å²) in [5.74, 6) is 2.09. The van der Waals surface area contributed by atoms with E-state index in [0.29, 0.717) is 19.4 Å². The van der Waals surface area contributed by atoms with E-state index in [9.17, 15) is 9.70 Å². The summed E-state index contributed by atoms with van der Waals surface area (Å²) < 4.78 is 12.4. The summed E-state index contributed by atoms with van der Waals surface area (Å²) in [6.45, 7) is 12.1. The average Bonchev–Trinajstić information content (AvgIpc) is 3.27. The maximum absolute atomic E-state index is 11.5. The number of ether oxygens (including phenoxy) is 2. The van der Waals surface area contributed by atoms with Crippen LogP contribution in [0.4, 0.5) is 0 Å². The number of nitrogens with zero attached hydrogens (tertiary/aromatic N) is 1. The Morgan fingerprint density at radius 3 is 2.37 bits per heavy atom. The lowest BCUT2D eigenvalue weighted by Gasteiger charge is -2.19. The molecule has 1 unspecified atom stereocenters. The summed E-state index contributed by atoms with van der Waals surface area (Å²) in [4.78, 5) is 22.4. The highest BCUT2D eigenvalue weighted by molar-refractivity contribution is 5.77. The van der Waals surface area contributed by atoms with Gasteiger partial charge in [0.25, 0.3) is 0 Å². The SMILES string of the molecule is CC(=O)CC(C)c1ccc(O[C@@H]2CCc3c(-c4c(C)cc(OCCC(C)(C)N=O)cc4C)cccc32)cc1. The maximum Gasteiger partial charge on any atom is 0.130 e. The van der Waals surface area contributed by atoms with Crippen LogP contribution in [0.25, 0.3) is 11.1 Å². The Bertz CT molecular complexity index is 1290. The fraction of sp³-hybridized carbons (Fsp3) is 0.424. The summed E-state index contributed by atoms with van der Waals surface area (Å²) >= 11 is 0. The van der Waals surface area contributed by atoms with Gasteiger partial charge in [-0.1, -0.05) is 42.4 Å². The van der Waals surface area contributed by atoms with Gasteiger partial charge in [-0.05, 0) is 117 Å². The molecule has 5 nitrogen and oxygen atoms in total. The molecule has 0 heterocycles. The van der Waals surface area contributed by atoms with Gasteiger partial charge in [0.1, 0.15) is 28.9 Å². The number of nitroso groups, excluding NO2 is 1. The molecule has 200 valence electrons. The van der Waals surface area contributed by atoms with Crippen LogP contribution >= 0.6 is 0 Å². The van der Waals surface area contributed by atoms with Gasteiger partial charge < -0.3 is 14.3 Å². The number of aryl methyl sites for hydroxylation is 2. The maximum atomic E-state index is 11.5. The number of ketones is 1. The first-order valence-corrected chi connectivity index (χ1v) is 13.5. The Morgan fingerprint density at radius 1 is 1.05 bits per heavy atom. The normalized spacial score (nSPS) is 15.6. The molecule has 0 aliphatic heterocycles. The third-order valence-corrected chi connectivity index (χ3v) is 7.54. The van der Waals surface area contributed by atoms with E-state index in [2.05, 4.69) is 68.4 Å². The lowest BCUT2D eigenvalue weighted by Crippen LogP contribution is -2.19. The molecular weight excluding hydrogens is 474 g/mol. The van der Waals surface area contributed by atoms with E-state index >= 15 is 0 Å². The molecule has 4 rings (SSSR count). The van der Waals surface area contributed by atoms with Crippen molar-refractivity contribution in [2.24, 2.45) is 5.18 Å². The van der Waals surface area contributed by atoms with Gasteiger partial charge in [-0.25, -0.2) is 0 Å². The molecule has 0 bridgehead atoms. The molecule has 0 saturated heterocycles. The third kappa shape index (κ3) is 6.32. The minimum absolute atomic E-state index is 0.0171. The number of carbonyl (C=O) groups excluding carboxylic acids is 1. The molecule has 0 saturated carbocycles. The first-order valence-electron chi connectivity index (χ1n) is 13.5. The average molecular weight is 514 g/mol. The van der Waals surface area contributed by atoms with Crippen LogP contribution in [-0.2, 0) is 11.2 Å². The fourth-order valence-corrected chi connectivity index (χ4v) is 5.46. The van der Waals surface area contributed by atoms with Gasteiger partial charge in [0.15, 0.2) is 0 Å². The van der Waals surface area contributed by atoms with Crippen molar-refractivity contribution < 1.29 is 14.3 Å². The first-order chi connectivity index (χ1) is 18.1. The third-order valence-electron chi connectivity index (χ3n) is 7.54.